The van der Waals surface area contributed by atoms with Gasteiger partial charge in [-0.2, -0.15) is 0 Å². The summed E-state index contributed by atoms with van der Waals surface area (Å²) in [6.07, 6.45) is 1.82. The Kier molecular flexibility index (Phi) is 3.67. The van der Waals surface area contributed by atoms with Crippen LogP contribution < -0.4 is 0 Å². The van der Waals surface area contributed by atoms with Gasteiger partial charge in [0, 0.05) is 0 Å². The number of likely N-dealkylation sites (tertiary alicyclic amines) is 1. The molecule has 16 heavy (non-hydrogen) atoms. The number of hydrogen-bond acceptors (Lipinski definition) is 4. The minimum atomic E-state index is -0.624. The Balaban J connectivity index is 2.77. The average molecular weight is 227 g/mol. The quantitative estimate of drug-likeness (QED) is 0.664. The third-order valence-electron chi connectivity index (χ3n) is 2.39. The molecular formula is C11H17NO4. The van der Waals surface area contributed by atoms with Crippen LogP contribution in [0.1, 0.15) is 33.6 Å². The molecule has 0 saturated carbocycles. The van der Waals surface area contributed by atoms with Gasteiger partial charge < -0.3 is 14.3 Å². The summed E-state index contributed by atoms with van der Waals surface area (Å²) >= 11 is 0. The normalized spacial score (nSPS) is 25.3. The van der Waals surface area contributed by atoms with Crippen molar-refractivity contribution >= 4 is 18.7 Å². The maximum absolute atomic E-state index is 11.8. The van der Waals surface area contributed by atoms with Gasteiger partial charge in [-0.05, 0) is 33.6 Å². The fourth-order valence-corrected chi connectivity index (χ4v) is 1.72. The molecule has 0 aromatic carbocycles. The van der Waals surface area contributed by atoms with Crippen LogP contribution in [0.25, 0.3) is 0 Å². The molecule has 1 amide bonds. The molecule has 0 radical (unpaired) electrons. The molecule has 1 fully saturated rings. The van der Waals surface area contributed by atoms with Gasteiger partial charge in [0.25, 0.3) is 0 Å². The number of hydrogen-bond donors (Lipinski definition) is 0. The van der Waals surface area contributed by atoms with E-state index in [4.69, 9.17) is 4.74 Å². The minimum Gasteiger partial charge on any atom is -0.444 e. The smallest absolute Gasteiger partial charge is 0.411 e. The first-order valence-corrected chi connectivity index (χ1v) is 5.31. The van der Waals surface area contributed by atoms with Gasteiger partial charge in [0.1, 0.15) is 18.2 Å². The highest BCUT2D eigenvalue weighted by Crippen LogP contribution is 2.24. The Morgan fingerprint density at radius 3 is 1.94 bits per heavy atom. The van der Waals surface area contributed by atoms with E-state index in [0.717, 1.165) is 0 Å². The first kappa shape index (κ1) is 12.7. The molecule has 5 heteroatoms. The van der Waals surface area contributed by atoms with Gasteiger partial charge in [0.2, 0.25) is 0 Å². The van der Waals surface area contributed by atoms with E-state index in [2.05, 4.69) is 0 Å². The van der Waals surface area contributed by atoms with E-state index in [0.29, 0.717) is 25.4 Å². The Morgan fingerprint density at radius 1 is 1.19 bits per heavy atom. The molecule has 0 aromatic rings. The zero-order chi connectivity index (χ0) is 12.3. The highest BCUT2D eigenvalue weighted by Gasteiger charge is 2.38. The van der Waals surface area contributed by atoms with Crippen molar-refractivity contribution in [2.45, 2.75) is 51.3 Å². The third-order valence-corrected chi connectivity index (χ3v) is 2.39. The first-order valence-electron chi connectivity index (χ1n) is 5.31. The largest absolute Gasteiger partial charge is 0.444 e. The van der Waals surface area contributed by atoms with E-state index in [1.165, 1.54) is 4.90 Å². The molecule has 0 aromatic heterocycles. The molecule has 0 spiro atoms. The van der Waals surface area contributed by atoms with E-state index in [1.807, 2.05) is 0 Å². The molecule has 1 saturated heterocycles. The Bertz CT molecular complexity index is 279. The van der Waals surface area contributed by atoms with Crippen molar-refractivity contribution in [1.82, 2.24) is 4.90 Å². The second kappa shape index (κ2) is 4.63. The van der Waals surface area contributed by atoms with Gasteiger partial charge in [-0.15, -0.1) is 0 Å². The van der Waals surface area contributed by atoms with Crippen LogP contribution in [-0.4, -0.2) is 41.3 Å². The highest BCUT2D eigenvalue weighted by molar-refractivity contribution is 5.79. The number of ether oxygens (including phenoxy) is 1. The van der Waals surface area contributed by atoms with Crippen LogP contribution in [0.2, 0.25) is 0 Å². The summed E-state index contributed by atoms with van der Waals surface area (Å²) in [6, 6.07) is -1.07. The van der Waals surface area contributed by atoms with Crippen LogP contribution in [-0.2, 0) is 14.3 Å². The summed E-state index contributed by atoms with van der Waals surface area (Å²) in [5.41, 5.74) is -0.624. The second-order valence-electron chi connectivity index (χ2n) is 4.87. The molecule has 2 atom stereocenters. The summed E-state index contributed by atoms with van der Waals surface area (Å²) in [4.78, 5) is 34.6. The molecule has 0 N–H and O–H groups in total. The lowest BCUT2D eigenvalue weighted by Crippen LogP contribution is -2.45. The zero-order valence-electron chi connectivity index (χ0n) is 9.80. The second-order valence-corrected chi connectivity index (χ2v) is 4.87. The van der Waals surface area contributed by atoms with Crippen molar-refractivity contribution in [3.8, 4) is 0 Å². The topological polar surface area (TPSA) is 63.7 Å². The fourth-order valence-electron chi connectivity index (χ4n) is 1.72. The Morgan fingerprint density at radius 2 is 1.62 bits per heavy atom. The lowest BCUT2D eigenvalue weighted by atomic mass is 10.2. The number of amides is 1. The van der Waals surface area contributed by atoms with Crippen LogP contribution in [0, 0.1) is 0 Å². The Labute approximate surface area is 94.7 Å². The van der Waals surface area contributed by atoms with Gasteiger partial charge >= 0.3 is 6.09 Å². The number of nitrogens with zero attached hydrogens (tertiary/aromatic N) is 1. The lowest BCUT2D eigenvalue weighted by Gasteiger charge is -2.28. The van der Waals surface area contributed by atoms with Crippen LogP contribution in [0.5, 0.6) is 0 Å². The molecular weight excluding hydrogens is 210 g/mol. The lowest BCUT2D eigenvalue weighted by molar-refractivity contribution is -0.115. The van der Waals surface area contributed by atoms with Crippen molar-refractivity contribution in [3.05, 3.63) is 0 Å². The highest BCUT2D eigenvalue weighted by atomic mass is 16.6. The van der Waals surface area contributed by atoms with Gasteiger partial charge in [0.15, 0.2) is 0 Å². The molecule has 90 valence electrons. The molecule has 0 unspecified atom stereocenters. The van der Waals surface area contributed by atoms with E-state index < -0.39 is 23.8 Å². The maximum Gasteiger partial charge on any atom is 0.411 e. The maximum atomic E-state index is 11.8. The predicted octanol–water partition coefficient (Wildman–Crippen LogP) is 1.15. The average Bonchev–Trinajstić information content (AvgIpc) is 2.57. The minimum absolute atomic E-state index is 0.520. The number of aldehydes is 2. The van der Waals surface area contributed by atoms with Crippen molar-refractivity contribution in [1.29, 1.82) is 0 Å². The Hall–Kier alpha value is -1.39. The molecule has 1 aliphatic heterocycles. The van der Waals surface area contributed by atoms with Gasteiger partial charge in [0.05, 0.1) is 12.1 Å². The molecule has 1 rings (SSSR count). The van der Waals surface area contributed by atoms with Crippen molar-refractivity contribution in [2.75, 3.05) is 0 Å². The number of rotatable bonds is 2. The van der Waals surface area contributed by atoms with E-state index in [9.17, 15) is 14.4 Å². The van der Waals surface area contributed by atoms with Gasteiger partial charge in [-0.3, -0.25) is 4.90 Å². The van der Waals surface area contributed by atoms with Crippen LogP contribution >= 0.6 is 0 Å². The van der Waals surface area contributed by atoms with Crippen molar-refractivity contribution < 1.29 is 19.1 Å². The van der Waals surface area contributed by atoms with Crippen LogP contribution in [0.15, 0.2) is 0 Å². The molecule has 1 heterocycles. The zero-order valence-corrected chi connectivity index (χ0v) is 9.80. The van der Waals surface area contributed by atoms with Gasteiger partial charge in [-0.25, -0.2) is 4.79 Å². The summed E-state index contributed by atoms with van der Waals surface area (Å²) in [6.45, 7) is 5.23. The summed E-state index contributed by atoms with van der Waals surface area (Å²) in [5.74, 6) is 0. The molecule has 1 aliphatic rings. The summed E-state index contributed by atoms with van der Waals surface area (Å²) < 4.78 is 5.16. The summed E-state index contributed by atoms with van der Waals surface area (Å²) in [7, 11) is 0. The first-order chi connectivity index (χ1) is 7.39. The standard InChI is InChI=1S/C11H17NO4/c1-11(2,3)16-10(15)12-8(6-13)4-5-9(12)7-14/h6-9H,4-5H2,1-3H3/t8-,9-/m0/s1. The molecule has 5 nitrogen and oxygen atoms in total. The molecule has 0 aliphatic carbocycles. The molecule has 0 bridgehead atoms. The van der Waals surface area contributed by atoms with Crippen LogP contribution in [0.4, 0.5) is 4.79 Å². The predicted molar refractivity (Wildman–Crippen MR) is 57.0 cm³/mol. The number of carbonyl (C=O) groups is 3. The van der Waals surface area contributed by atoms with E-state index in [-0.39, 0.29) is 0 Å². The third kappa shape index (κ3) is 2.81. The fraction of sp³-hybridized carbons (Fsp3) is 0.727. The monoisotopic (exact) mass is 227 g/mol. The summed E-state index contributed by atoms with van der Waals surface area (Å²) in [5, 5.41) is 0. The number of carbonyl (C=O) groups excluding carboxylic acids is 3. The van der Waals surface area contributed by atoms with Crippen molar-refractivity contribution in [2.24, 2.45) is 0 Å². The SMILES string of the molecule is CC(C)(C)OC(=O)N1[C@H](C=O)CC[C@H]1C=O. The van der Waals surface area contributed by atoms with Gasteiger partial charge in [-0.1, -0.05) is 0 Å². The van der Waals surface area contributed by atoms with E-state index in [1.54, 1.807) is 20.8 Å². The van der Waals surface area contributed by atoms with E-state index >= 15 is 0 Å². The van der Waals surface area contributed by atoms with Crippen LogP contribution in [0.3, 0.4) is 0 Å². The van der Waals surface area contributed by atoms with Crippen molar-refractivity contribution in [3.63, 3.8) is 0 Å².